The lowest BCUT2D eigenvalue weighted by Crippen LogP contribution is -2.46. The van der Waals surface area contributed by atoms with Crippen LogP contribution in [0.5, 0.6) is 23.0 Å². The van der Waals surface area contributed by atoms with E-state index in [1.54, 1.807) is 28.4 Å². The van der Waals surface area contributed by atoms with Gasteiger partial charge >= 0.3 is 5.97 Å². The number of aliphatic hydroxyl groups excluding tert-OH is 1. The van der Waals surface area contributed by atoms with Crippen molar-refractivity contribution in [2.24, 2.45) is 0 Å². The zero-order valence-electron chi connectivity index (χ0n) is 47.2. The van der Waals surface area contributed by atoms with Gasteiger partial charge in [-0.25, -0.2) is 0 Å². The standard InChI is InChI=1S/C24H37NO5.C20H31NO4.C2H6.H13P11.H12P10/c1-4-7-24(26)30-19-12-14-25(17-19)20-8-5-6-9-21(20)29-15-13-18-10-11-22(27-2)23(16-18)28-3;1-23-19-8-7-15(13-20(19)24-2)10-12-25-18-6-4-3-5-17(18)21-11-9-16(22)14-21;1-2;1-7-10(6)11(8(2)3)9(4)5;1-7(2)10(8(3)4)9(5)6/h10-11,16,19-21H,4-9,12-15,17H2,1-3H3;7-8,13,16-18,22H,3-6,9-12,14H2,1-2H3;1-2H3;7H,1-6H2;1-6H2/t19-,20-,21-;16-,17-,18-;;;/m11.../s1. The molecule has 6 rings (SSSR count). The number of ether oxygens (including phenoxy) is 7. The Morgan fingerprint density at radius 1 is 0.590 bits per heavy atom. The van der Waals surface area contributed by atoms with Crippen molar-refractivity contribution in [2.75, 3.05) is 67.8 Å². The van der Waals surface area contributed by atoms with E-state index < -0.39 is 0 Å². The Morgan fingerprint density at radius 2 is 1.00 bits per heavy atom. The molecule has 2 aliphatic heterocycles. The van der Waals surface area contributed by atoms with E-state index in [0.29, 0.717) is 37.8 Å². The Labute approximate surface area is 511 Å². The van der Waals surface area contributed by atoms with Crippen LogP contribution >= 0.6 is 171 Å². The van der Waals surface area contributed by atoms with Gasteiger partial charge < -0.3 is 38.3 Å². The summed E-state index contributed by atoms with van der Waals surface area (Å²) >= 11 is 0. The van der Waals surface area contributed by atoms with Gasteiger partial charge in [0.25, 0.3) is 0 Å². The molecule has 2 heterocycles. The van der Waals surface area contributed by atoms with Crippen LogP contribution in [0.1, 0.15) is 109 Å². The summed E-state index contributed by atoms with van der Waals surface area (Å²) in [5.41, 5.74) is 2.38. The number of benzene rings is 2. The van der Waals surface area contributed by atoms with Crippen LogP contribution < -0.4 is 18.9 Å². The fourth-order valence-corrected chi connectivity index (χ4v) is 191. The van der Waals surface area contributed by atoms with E-state index in [1.807, 2.05) is 45.0 Å². The van der Waals surface area contributed by atoms with Crippen molar-refractivity contribution in [2.45, 2.75) is 147 Å². The highest BCUT2D eigenvalue weighted by atomic mass is 33.2. The summed E-state index contributed by atoms with van der Waals surface area (Å²) in [4.78, 5) is 16.8. The monoisotopic (exact) mass is 1470 g/mol. The van der Waals surface area contributed by atoms with Gasteiger partial charge in [-0.2, -0.15) is 0 Å². The van der Waals surface area contributed by atoms with E-state index in [2.05, 4.69) is 129 Å². The average molecular weight is 1470 g/mol. The van der Waals surface area contributed by atoms with Gasteiger partial charge in [-0.3, -0.25) is 14.6 Å². The minimum atomic E-state index is -0.158. The SMILES string of the molecule is CC.CCCC(=O)O[C@@H]1CCN([C@@H]2CCCC[C@H]2OCCc2ccc(OC)c(OC)c2)C1.COc1ccc(CCO[C@@H]2CCCC[C@H]2N2CC[C@@H](O)C2)cc1OC.PP(P)P(P(P)P)P(P)P.PPP(P)P(P(P)P)P(P)P. The highest BCUT2D eigenvalue weighted by Gasteiger charge is 2.37. The normalized spacial score (nSPS) is 22.2. The maximum absolute atomic E-state index is 11.8. The van der Waals surface area contributed by atoms with Crippen molar-refractivity contribution in [1.82, 2.24) is 9.80 Å². The second-order valence-corrected chi connectivity index (χ2v) is 94.1. The molecule has 4 aliphatic rings. The molecule has 2 aromatic rings. The molecule has 0 bridgehead atoms. The van der Waals surface area contributed by atoms with E-state index in [-0.39, 0.29) is 80.2 Å². The molecule has 78 heavy (non-hydrogen) atoms. The first-order valence-corrected chi connectivity index (χ1v) is 62.8. The van der Waals surface area contributed by atoms with Crippen LogP contribution in [0.3, 0.4) is 0 Å². The third kappa shape index (κ3) is 30.4. The molecule has 0 spiro atoms. The highest BCUT2D eigenvalue weighted by molar-refractivity contribution is 9.18. The molecule has 452 valence electrons. The third-order valence-electron chi connectivity index (χ3n) is 13.1. The van der Waals surface area contributed by atoms with E-state index in [0.717, 1.165) is 109 Å². The smallest absolute Gasteiger partial charge is 0.306 e. The summed E-state index contributed by atoms with van der Waals surface area (Å²) in [6, 6.07) is 13.0. The van der Waals surface area contributed by atoms with Gasteiger partial charge in [0.15, 0.2) is 23.0 Å². The Hall–Kier alpha value is 5.94. The number of nitrogens with zero attached hydrogens (tertiary/aromatic N) is 2. The number of hydrogen-bond acceptors (Lipinski definition) is 11. The maximum atomic E-state index is 11.8. The summed E-state index contributed by atoms with van der Waals surface area (Å²) in [6.45, 7) is 12.4. The average Bonchev–Trinajstić information content (AvgIpc) is 4.09. The van der Waals surface area contributed by atoms with Crippen LogP contribution in [-0.2, 0) is 31.8 Å². The summed E-state index contributed by atoms with van der Waals surface area (Å²) < 4.78 is 39.7. The fourth-order valence-electron chi connectivity index (χ4n) is 9.53. The third-order valence-corrected chi connectivity index (χ3v) is 122. The number of esters is 1. The number of carbonyl (C=O) groups is 1. The number of methoxy groups -OCH3 is 4. The molecule has 0 amide bonds. The topological polar surface area (TPSA) is 108 Å². The van der Waals surface area contributed by atoms with Gasteiger partial charge in [-0.1, -0.05) is 66.5 Å². The van der Waals surface area contributed by atoms with Gasteiger partial charge in [0.1, 0.15) is 6.10 Å². The molecule has 11 nitrogen and oxygen atoms in total. The zero-order chi connectivity index (χ0) is 58.3. The molecular formula is C46H99N2O9P21. The molecule has 0 radical (unpaired) electrons. The van der Waals surface area contributed by atoms with Crippen LogP contribution in [-0.4, -0.2) is 125 Å². The van der Waals surface area contributed by atoms with Gasteiger partial charge in [0.2, 0.25) is 0 Å². The molecule has 20 atom stereocenters. The first-order chi connectivity index (χ1) is 37.3. The molecule has 32 heteroatoms. The Bertz CT molecular complexity index is 1890. The van der Waals surface area contributed by atoms with E-state index in [9.17, 15) is 9.90 Å². The molecular weight excluding hydrogens is 1370 g/mol. The van der Waals surface area contributed by atoms with Crippen LogP contribution in [0, 0.1) is 0 Å². The van der Waals surface area contributed by atoms with Crippen molar-refractivity contribution in [3.8, 4) is 23.0 Å². The molecule has 2 aromatic carbocycles. The van der Waals surface area contributed by atoms with Crippen molar-refractivity contribution in [1.29, 1.82) is 0 Å². The van der Waals surface area contributed by atoms with E-state index in [1.165, 1.54) is 43.2 Å². The number of likely N-dealkylation sites (tertiary alicyclic amines) is 2. The van der Waals surface area contributed by atoms with Crippen molar-refractivity contribution >= 4 is 177 Å². The van der Waals surface area contributed by atoms with Gasteiger partial charge in [-0.15, -0.1) is 107 Å². The minimum absolute atomic E-state index is 0.0402. The lowest BCUT2D eigenvalue weighted by molar-refractivity contribution is -0.148. The molecule has 0 aromatic heterocycles. The second kappa shape index (κ2) is 46.9. The first kappa shape index (κ1) is 80.0. The zero-order valence-corrected chi connectivity index (χ0v) is 69.2. The lowest BCUT2D eigenvalue weighted by atomic mass is 9.91. The predicted octanol–water partition coefficient (Wildman–Crippen LogP) is 19.1. The summed E-state index contributed by atoms with van der Waals surface area (Å²) in [5, 5.41) is 9.83. The molecule has 2 saturated carbocycles. The van der Waals surface area contributed by atoms with Gasteiger partial charge in [0, 0.05) is 44.7 Å². The Kier molecular flexibility index (Phi) is 48.1. The lowest BCUT2D eigenvalue weighted by Gasteiger charge is -2.37. The molecule has 4 fully saturated rings. The van der Waals surface area contributed by atoms with Crippen LogP contribution in [0.2, 0.25) is 0 Å². The number of rotatable bonds is 24. The minimum Gasteiger partial charge on any atom is -0.493 e. The molecule has 2 saturated heterocycles. The summed E-state index contributed by atoms with van der Waals surface area (Å²) in [5.74, 6) is 2.97. The van der Waals surface area contributed by atoms with Crippen molar-refractivity contribution < 1.29 is 43.1 Å². The molecule has 2 aliphatic carbocycles. The summed E-state index contributed by atoms with van der Waals surface area (Å²) in [7, 11) is 43.2. The van der Waals surface area contributed by atoms with Crippen molar-refractivity contribution in [3.63, 3.8) is 0 Å². The highest BCUT2D eigenvalue weighted by Crippen LogP contribution is 3.13. The largest absolute Gasteiger partial charge is 0.493 e. The quantitative estimate of drug-likeness (QED) is 0.0802. The van der Waals surface area contributed by atoms with E-state index in [4.69, 9.17) is 33.2 Å². The first-order valence-electron chi connectivity index (χ1n) is 26.4. The van der Waals surface area contributed by atoms with Crippen LogP contribution in [0.25, 0.3) is 0 Å². The van der Waals surface area contributed by atoms with Gasteiger partial charge in [-0.05, 0) is 149 Å². The van der Waals surface area contributed by atoms with Gasteiger partial charge in [0.05, 0.1) is 60.0 Å². The second-order valence-electron chi connectivity index (χ2n) is 18.4. The number of aliphatic hydroxyl groups is 1. The van der Waals surface area contributed by atoms with Crippen LogP contribution in [0.4, 0.5) is 0 Å². The number of hydrogen-bond donors (Lipinski definition) is 1. The predicted molar refractivity (Wildman–Crippen MR) is 405 cm³/mol. The Balaban J connectivity index is 0.000000387. The van der Waals surface area contributed by atoms with E-state index >= 15 is 0 Å². The number of β-amino-alcohol motifs (C(OH)–C–C–N with tert-alkyl or cyclic N) is 1. The van der Waals surface area contributed by atoms with Crippen molar-refractivity contribution in [3.05, 3.63) is 47.5 Å². The fraction of sp³-hybridized carbons (Fsp3) is 0.717. The number of carbonyl (C=O) groups excluding carboxylic acids is 1. The maximum Gasteiger partial charge on any atom is 0.306 e. The Morgan fingerprint density at radius 3 is 1.35 bits per heavy atom. The van der Waals surface area contributed by atoms with Crippen LogP contribution in [0.15, 0.2) is 36.4 Å². The summed E-state index contributed by atoms with van der Waals surface area (Å²) in [6.07, 6.45) is 14.9. The molecule has 14 unspecified atom stereocenters. The molecule has 1 N–H and O–H groups in total.